The van der Waals surface area contributed by atoms with Crippen LogP contribution in [0, 0.1) is 0 Å². The maximum absolute atomic E-state index is 12.8. The Kier molecular flexibility index (Phi) is 6.37. The Morgan fingerprint density at radius 2 is 2.00 bits per heavy atom. The minimum Gasteiger partial charge on any atom is -0.348 e. The van der Waals surface area contributed by atoms with E-state index in [9.17, 15) is 18.0 Å². The van der Waals surface area contributed by atoms with E-state index in [1.165, 1.54) is 33.9 Å². The van der Waals surface area contributed by atoms with Gasteiger partial charge in [0.2, 0.25) is 21.8 Å². The molecule has 1 aliphatic rings. The van der Waals surface area contributed by atoms with Gasteiger partial charge in [0.25, 0.3) is 0 Å². The average Bonchev–Trinajstić information content (AvgIpc) is 3.47. The third-order valence-corrected chi connectivity index (χ3v) is 8.78. The minimum absolute atomic E-state index is 0.0740. The number of hydrogen-bond acceptors (Lipinski definition) is 7. The van der Waals surface area contributed by atoms with E-state index in [1.807, 2.05) is 17.5 Å². The van der Waals surface area contributed by atoms with Crippen LogP contribution in [0.25, 0.3) is 10.2 Å². The number of thiazole rings is 1. The molecule has 11 heteroatoms. The number of carbonyl (C=O) groups excluding carboxylic acids is 2. The van der Waals surface area contributed by atoms with Gasteiger partial charge in [0.15, 0.2) is 5.13 Å². The van der Waals surface area contributed by atoms with Crippen LogP contribution in [0.15, 0.2) is 40.6 Å². The first-order valence-electron chi connectivity index (χ1n) is 9.84. The van der Waals surface area contributed by atoms with Crippen LogP contribution in [0.4, 0.5) is 5.13 Å². The number of sulfonamides is 1. The number of amides is 2. The smallest absolute Gasteiger partial charge is 0.243 e. The molecule has 0 saturated carbocycles. The average molecular weight is 479 g/mol. The lowest BCUT2D eigenvalue weighted by Gasteiger charge is -2.15. The molecule has 3 aromatic rings. The number of thiophene rings is 1. The van der Waals surface area contributed by atoms with Crippen molar-refractivity contribution in [2.24, 2.45) is 0 Å². The van der Waals surface area contributed by atoms with Gasteiger partial charge in [-0.2, -0.15) is 4.31 Å². The van der Waals surface area contributed by atoms with E-state index in [0.717, 1.165) is 17.7 Å². The van der Waals surface area contributed by atoms with Crippen molar-refractivity contribution < 1.29 is 18.0 Å². The number of fused-ring (bicyclic) bond motifs is 1. The maximum atomic E-state index is 12.8. The summed E-state index contributed by atoms with van der Waals surface area (Å²) in [6, 6.07) is 8.17. The lowest BCUT2D eigenvalue weighted by molar-refractivity contribution is -0.120. The lowest BCUT2D eigenvalue weighted by Crippen LogP contribution is -2.29. The number of nitrogens with zero attached hydrogens (tertiary/aromatic N) is 2. The molecule has 0 aliphatic carbocycles. The van der Waals surface area contributed by atoms with Crippen molar-refractivity contribution in [1.29, 1.82) is 0 Å². The molecule has 0 radical (unpaired) electrons. The minimum atomic E-state index is -3.51. The Balaban J connectivity index is 1.49. The quantitative estimate of drug-likeness (QED) is 0.541. The summed E-state index contributed by atoms with van der Waals surface area (Å²) in [6.45, 7) is 2.51. The predicted octanol–water partition coefficient (Wildman–Crippen LogP) is 3.35. The van der Waals surface area contributed by atoms with Gasteiger partial charge in [0.05, 0.1) is 27.6 Å². The molecule has 0 spiro atoms. The van der Waals surface area contributed by atoms with Gasteiger partial charge in [-0.1, -0.05) is 17.4 Å². The van der Waals surface area contributed by atoms with Crippen molar-refractivity contribution in [1.82, 2.24) is 14.6 Å². The molecule has 4 rings (SSSR count). The molecule has 2 N–H and O–H groups in total. The zero-order valence-corrected chi connectivity index (χ0v) is 19.3. The van der Waals surface area contributed by atoms with Gasteiger partial charge in [-0.15, -0.1) is 11.3 Å². The van der Waals surface area contributed by atoms with Crippen LogP contribution in [0.1, 0.15) is 37.1 Å². The highest BCUT2D eigenvalue weighted by Crippen LogP contribution is 2.31. The topological polar surface area (TPSA) is 108 Å². The van der Waals surface area contributed by atoms with E-state index in [2.05, 4.69) is 15.6 Å². The molecule has 1 fully saturated rings. The summed E-state index contributed by atoms with van der Waals surface area (Å²) >= 11 is 2.70. The van der Waals surface area contributed by atoms with Crippen molar-refractivity contribution in [3.63, 3.8) is 0 Å². The summed E-state index contributed by atoms with van der Waals surface area (Å²) in [5.74, 6) is -0.492. The van der Waals surface area contributed by atoms with Gasteiger partial charge >= 0.3 is 0 Å². The van der Waals surface area contributed by atoms with Crippen LogP contribution in [-0.2, 0) is 19.6 Å². The summed E-state index contributed by atoms with van der Waals surface area (Å²) < 4.78 is 27.8. The number of rotatable bonds is 7. The fourth-order valence-electron chi connectivity index (χ4n) is 3.51. The van der Waals surface area contributed by atoms with E-state index < -0.39 is 16.1 Å². The van der Waals surface area contributed by atoms with E-state index in [-0.39, 0.29) is 23.1 Å². The van der Waals surface area contributed by atoms with Gasteiger partial charge in [-0.05, 0) is 42.5 Å². The Hall–Kier alpha value is -2.34. The molecule has 164 valence electrons. The first kappa shape index (κ1) is 21.9. The highest BCUT2D eigenvalue weighted by molar-refractivity contribution is 7.89. The summed E-state index contributed by atoms with van der Waals surface area (Å²) in [6.07, 6.45) is 1.83. The Morgan fingerprint density at radius 3 is 2.68 bits per heavy atom. The second kappa shape index (κ2) is 9.03. The second-order valence-electron chi connectivity index (χ2n) is 7.28. The zero-order chi connectivity index (χ0) is 22.0. The predicted molar refractivity (Wildman–Crippen MR) is 122 cm³/mol. The van der Waals surface area contributed by atoms with E-state index in [0.29, 0.717) is 28.4 Å². The molecule has 1 saturated heterocycles. The fraction of sp³-hybridized carbons (Fsp3) is 0.350. The highest BCUT2D eigenvalue weighted by Gasteiger charge is 2.27. The van der Waals surface area contributed by atoms with Crippen LogP contribution in [0.2, 0.25) is 0 Å². The molecule has 1 aromatic carbocycles. The van der Waals surface area contributed by atoms with Gasteiger partial charge in [0, 0.05) is 24.9 Å². The first-order valence-corrected chi connectivity index (χ1v) is 13.0. The monoisotopic (exact) mass is 478 g/mol. The third kappa shape index (κ3) is 4.95. The molecule has 2 aromatic heterocycles. The molecular weight excluding hydrogens is 456 g/mol. The molecule has 0 bridgehead atoms. The zero-order valence-electron chi connectivity index (χ0n) is 16.8. The molecule has 1 atom stereocenters. The maximum Gasteiger partial charge on any atom is 0.243 e. The Labute approximate surface area is 188 Å². The van der Waals surface area contributed by atoms with Crippen LogP contribution in [0.5, 0.6) is 0 Å². The number of nitrogens with one attached hydrogen (secondary N) is 2. The van der Waals surface area contributed by atoms with Crippen LogP contribution in [0.3, 0.4) is 0 Å². The van der Waals surface area contributed by atoms with Crippen molar-refractivity contribution in [3.05, 3.63) is 40.6 Å². The molecular formula is C20H22N4O4S3. The second-order valence-corrected chi connectivity index (χ2v) is 11.2. The Morgan fingerprint density at radius 1 is 1.23 bits per heavy atom. The number of aromatic nitrogens is 1. The number of carbonyl (C=O) groups is 2. The molecule has 2 amide bonds. The fourth-order valence-corrected chi connectivity index (χ4v) is 6.83. The summed E-state index contributed by atoms with van der Waals surface area (Å²) in [5, 5.41) is 7.86. The van der Waals surface area contributed by atoms with E-state index in [1.54, 1.807) is 18.2 Å². The van der Waals surface area contributed by atoms with Crippen LogP contribution in [-0.4, -0.2) is 42.6 Å². The van der Waals surface area contributed by atoms with Gasteiger partial charge in [-0.3, -0.25) is 9.59 Å². The lowest BCUT2D eigenvalue weighted by atomic mass is 10.1. The first-order chi connectivity index (χ1) is 14.8. The van der Waals surface area contributed by atoms with Crippen molar-refractivity contribution in [2.45, 2.75) is 37.1 Å². The van der Waals surface area contributed by atoms with Crippen molar-refractivity contribution in [3.8, 4) is 0 Å². The number of benzene rings is 1. The van der Waals surface area contributed by atoms with Gasteiger partial charge < -0.3 is 10.6 Å². The molecule has 1 aliphatic heterocycles. The number of anilines is 1. The normalized spacial score (nSPS) is 15.8. The van der Waals surface area contributed by atoms with E-state index >= 15 is 0 Å². The summed E-state index contributed by atoms with van der Waals surface area (Å²) in [5.41, 5.74) is 0.623. The number of hydrogen-bond donors (Lipinski definition) is 2. The highest BCUT2D eigenvalue weighted by atomic mass is 32.2. The molecule has 8 nitrogen and oxygen atoms in total. The Bertz CT molecular complexity index is 1200. The van der Waals surface area contributed by atoms with Crippen molar-refractivity contribution in [2.75, 3.05) is 18.4 Å². The molecule has 31 heavy (non-hydrogen) atoms. The molecule has 1 unspecified atom stereocenters. The van der Waals surface area contributed by atoms with Crippen LogP contribution >= 0.6 is 22.7 Å². The SMILES string of the molecule is CC(=O)NC(CC(=O)Nc1nc2ccc(S(=O)(=O)N3CCCC3)cc2s1)c1cccs1. The van der Waals surface area contributed by atoms with Gasteiger partial charge in [0.1, 0.15) is 0 Å². The standard InChI is InChI=1S/C20H22N4O4S3/c1-13(25)21-16(17-5-4-10-29-17)12-19(26)23-20-22-15-7-6-14(11-18(15)30-20)31(27,28)24-8-2-3-9-24/h4-7,10-11,16H,2-3,8-9,12H2,1H3,(H,21,25)(H,22,23,26). The summed E-state index contributed by atoms with van der Waals surface area (Å²) in [7, 11) is -3.51. The van der Waals surface area contributed by atoms with Crippen molar-refractivity contribution >= 4 is 59.9 Å². The largest absolute Gasteiger partial charge is 0.348 e. The van der Waals surface area contributed by atoms with Gasteiger partial charge in [-0.25, -0.2) is 13.4 Å². The van der Waals surface area contributed by atoms with Crippen LogP contribution < -0.4 is 10.6 Å². The van der Waals surface area contributed by atoms with E-state index in [4.69, 9.17) is 0 Å². The summed E-state index contributed by atoms with van der Waals surface area (Å²) in [4.78, 5) is 29.6. The third-order valence-electron chi connectivity index (χ3n) is 4.96. The molecule has 3 heterocycles.